The van der Waals surface area contributed by atoms with Gasteiger partial charge in [-0.2, -0.15) is 0 Å². The van der Waals surface area contributed by atoms with Crippen molar-refractivity contribution in [2.75, 3.05) is 32.8 Å². The maximum atomic E-state index is 12.7. The van der Waals surface area contributed by atoms with Gasteiger partial charge in [0.25, 0.3) is 0 Å². The van der Waals surface area contributed by atoms with Crippen LogP contribution in [0.2, 0.25) is 0 Å². The number of nitrogens with one attached hydrogen (secondary N) is 4. The predicted molar refractivity (Wildman–Crippen MR) is 169 cm³/mol. The zero-order valence-electron chi connectivity index (χ0n) is 25.6. The van der Waals surface area contributed by atoms with Crippen LogP contribution >= 0.6 is 0 Å². The number of benzene rings is 2. The van der Waals surface area contributed by atoms with Crippen molar-refractivity contribution in [3.63, 3.8) is 0 Å². The zero-order valence-corrected chi connectivity index (χ0v) is 25.6. The summed E-state index contributed by atoms with van der Waals surface area (Å²) in [6.07, 6.45) is 8.85. The van der Waals surface area contributed by atoms with Crippen molar-refractivity contribution < 1.29 is 14.3 Å². The Balaban J connectivity index is 0.000000498. The van der Waals surface area contributed by atoms with Crippen molar-refractivity contribution in [1.82, 2.24) is 21.3 Å². The first-order chi connectivity index (χ1) is 20.0. The Morgan fingerprint density at radius 1 is 0.902 bits per heavy atom. The lowest BCUT2D eigenvalue weighted by molar-refractivity contribution is -0.128. The molecule has 1 aliphatic carbocycles. The van der Waals surface area contributed by atoms with Gasteiger partial charge < -0.3 is 26.0 Å². The number of fused-ring (bicyclic) bond motifs is 1. The van der Waals surface area contributed by atoms with Crippen LogP contribution < -0.4 is 26.0 Å². The number of carbonyl (C=O) groups excluding carboxylic acids is 2. The molecule has 2 aliphatic rings. The van der Waals surface area contributed by atoms with Crippen molar-refractivity contribution in [3.8, 4) is 5.75 Å². The fourth-order valence-corrected chi connectivity index (χ4v) is 4.27. The summed E-state index contributed by atoms with van der Waals surface area (Å²) in [6.45, 7) is 11.0. The maximum Gasteiger partial charge on any atom is 0.242 e. The summed E-state index contributed by atoms with van der Waals surface area (Å²) in [4.78, 5) is 25.2. The molecule has 7 nitrogen and oxygen atoms in total. The maximum absolute atomic E-state index is 12.7. The highest BCUT2D eigenvalue weighted by Gasteiger charge is 2.30. The molecule has 0 saturated heterocycles. The second-order valence-electron chi connectivity index (χ2n) is 10.7. The summed E-state index contributed by atoms with van der Waals surface area (Å²) >= 11 is 0. The smallest absolute Gasteiger partial charge is 0.242 e. The van der Waals surface area contributed by atoms with Crippen LogP contribution in [-0.4, -0.2) is 50.6 Å². The van der Waals surface area contributed by atoms with E-state index in [1.54, 1.807) is 0 Å². The minimum Gasteiger partial charge on any atom is -0.492 e. The lowest BCUT2D eigenvalue weighted by Gasteiger charge is -2.20. The number of rotatable bonds is 3. The molecule has 2 amide bonds. The number of allylic oxidation sites excluding steroid dienone is 1. The van der Waals surface area contributed by atoms with E-state index in [4.69, 9.17) is 4.74 Å². The van der Waals surface area contributed by atoms with E-state index in [0.717, 1.165) is 49.1 Å². The van der Waals surface area contributed by atoms with Crippen molar-refractivity contribution in [2.24, 2.45) is 5.92 Å². The standard InChI is InChI=1S/C24H36N4O3.C7H8.C3H8/c1-2-6-20-16-25-13-14-31-22-9-4-3-7-19(22)8-5-12-26-24(30)21(15-18-10-11-18)28-23(29)17-27-20;1-7-5-3-2-4-6-7;1-3-2/h3-4,6-7,9,18,21,25,27H,2,5,8,10-17H2,1H3,(H,26,30)(H,28,29);2-6H,1H3;3H2,1-2H3/b20-6+;;. The third-order valence-electron chi connectivity index (χ3n) is 6.53. The van der Waals surface area contributed by atoms with Gasteiger partial charge in [0.05, 0.1) is 6.54 Å². The second-order valence-corrected chi connectivity index (χ2v) is 10.7. The number of carbonyl (C=O) groups is 2. The van der Waals surface area contributed by atoms with E-state index in [1.807, 2.05) is 36.4 Å². The molecular formula is C34H52N4O3. The molecule has 1 saturated carbocycles. The van der Waals surface area contributed by atoms with Crippen LogP contribution in [0.25, 0.3) is 0 Å². The van der Waals surface area contributed by atoms with Gasteiger partial charge in [0.1, 0.15) is 18.4 Å². The number of hydrogen-bond donors (Lipinski definition) is 4. The number of para-hydroxylation sites is 1. The normalized spacial score (nSPS) is 19.6. The topological polar surface area (TPSA) is 91.5 Å². The van der Waals surface area contributed by atoms with E-state index < -0.39 is 6.04 Å². The molecular weight excluding hydrogens is 512 g/mol. The summed E-state index contributed by atoms with van der Waals surface area (Å²) in [6, 6.07) is 17.9. The van der Waals surface area contributed by atoms with Gasteiger partial charge >= 0.3 is 0 Å². The average molecular weight is 565 g/mol. The molecule has 1 atom stereocenters. The molecule has 2 aromatic rings. The van der Waals surface area contributed by atoms with Crippen LogP contribution in [0.1, 0.15) is 70.4 Å². The van der Waals surface area contributed by atoms with Crippen molar-refractivity contribution >= 4 is 11.8 Å². The zero-order chi connectivity index (χ0) is 29.7. The summed E-state index contributed by atoms with van der Waals surface area (Å²) in [7, 11) is 0. The predicted octanol–water partition coefficient (Wildman–Crippen LogP) is 5.30. The molecule has 2 aromatic carbocycles. The first-order valence-electron chi connectivity index (χ1n) is 15.4. The molecule has 0 bridgehead atoms. The van der Waals surface area contributed by atoms with Crippen molar-refractivity contribution in [2.45, 2.75) is 78.7 Å². The minimum absolute atomic E-state index is 0.0862. The highest BCUT2D eigenvalue weighted by atomic mass is 16.5. The Kier molecular flexibility index (Phi) is 17.0. The Morgan fingerprint density at radius 3 is 2.27 bits per heavy atom. The van der Waals surface area contributed by atoms with Gasteiger partial charge in [0.15, 0.2) is 0 Å². The number of amides is 2. The number of aryl methyl sites for hydroxylation is 2. The molecule has 41 heavy (non-hydrogen) atoms. The lowest BCUT2D eigenvalue weighted by atomic mass is 10.1. The van der Waals surface area contributed by atoms with Crippen LogP contribution in [0.15, 0.2) is 66.4 Å². The molecule has 0 radical (unpaired) electrons. The molecule has 226 valence electrons. The van der Waals surface area contributed by atoms with Crippen LogP contribution in [0.5, 0.6) is 5.75 Å². The van der Waals surface area contributed by atoms with Gasteiger partial charge in [0, 0.05) is 25.3 Å². The number of hydrogen-bond acceptors (Lipinski definition) is 5. The Labute approximate surface area is 247 Å². The summed E-state index contributed by atoms with van der Waals surface area (Å²) in [5, 5.41) is 12.5. The van der Waals surface area contributed by atoms with Crippen molar-refractivity contribution in [3.05, 3.63) is 77.5 Å². The van der Waals surface area contributed by atoms with Gasteiger partial charge in [-0.25, -0.2) is 0 Å². The largest absolute Gasteiger partial charge is 0.492 e. The molecule has 1 heterocycles. The first kappa shape index (κ1) is 33.9. The van der Waals surface area contributed by atoms with Crippen molar-refractivity contribution in [1.29, 1.82) is 0 Å². The Morgan fingerprint density at radius 2 is 1.61 bits per heavy atom. The van der Waals surface area contributed by atoms with Gasteiger partial charge in [-0.05, 0) is 50.2 Å². The monoisotopic (exact) mass is 564 g/mol. The third-order valence-corrected chi connectivity index (χ3v) is 6.53. The molecule has 1 aliphatic heterocycles. The molecule has 4 rings (SSSR count). The average Bonchev–Trinajstić information content (AvgIpc) is 3.79. The van der Waals surface area contributed by atoms with Crippen LogP contribution in [0.4, 0.5) is 0 Å². The molecule has 4 N–H and O–H groups in total. The Bertz CT molecular complexity index is 1040. The van der Waals surface area contributed by atoms with Gasteiger partial charge in [-0.1, -0.05) is 100 Å². The van der Waals surface area contributed by atoms with E-state index in [9.17, 15) is 9.59 Å². The Hall–Kier alpha value is -3.32. The minimum atomic E-state index is -0.465. The highest BCUT2D eigenvalue weighted by Crippen LogP contribution is 2.33. The summed E-state index contributed by atoms with van der Waals surface area (Å²) in [5.41, 5.74) is 3.44. The molecule has 7 heteroatoms. The van der Waals surface area contributed by atoms with E-state index in [1.165, 1.54) is 12.0 Å². The molecule has 1 fully saturated rings. The highest BCUT2D eigenvalue weighted by molar-refractivity contribution is 5.88. The van der Waals surface area contributed by atoms with Crippen LogP contribution in [-0.2, 0) is 16.0 Å². The lowest BCUT2D eigenvalue weighted by Crippen LogP contribution is -2.49. The van der Waals surface area contributed by atoms with E-state index in [-0.39, 0.29) is 18.4 Å². The van der Waals surface area contributed by atoms with Gasteiger partial charge in [0.2, 0.25) is 11.8 Å². The van der Waals surface area contributed by atoms with E-state index in [2.05, 4.69) is 73.2 Å². The summed E-state index contributed by atoms with van der Waals surface area (Å²) < 4.78 is 5.98. The van der Waals surface area contributed by atoms with Crippen LogP contribution in [0.3, 0.4) is 0 Å². The van der Waals surface area contributed by atoms with E-state index >= 15 is 0 Å². The van der Waals surface area contributed by atoms with Crippen LogP contribution in [0, 0.1) is 12.8 Å². The fraction of sp³-hybridized carbons (Fsp3) is 0.529. The second kappa shape index (κ2) is 20.5. The first-order valence-corrected chi connectivity index (χ1v) is 15.4. The van der Waals surface area contributed by atoms with E-state index in [0.29, 0.717) is 38.6 Å². The SMILES string of the molecule is CC/C=C1\CNCCOc2ccccc2CCCNC(=O)C(CC2CC2)NC(=O)CN1.CCC.Cc1ccccc1. The number of ether oxygens (including phenoxy) is 1. The van der Waals surface area contributed by atoms with Gasteiger partial charge in [-0.3, -0.25) is 9.59 Å². The quantitative estimate of drug-likeness (QED) is 0.406. The van der Waals surface area contributed by atoms with Gasteiger partial charge in [-0.15, -0.1) is 0 Å². The molecule has 0 aromatic heterocycles. The molecule has 1 unspecified atom stereocenters. The third kappa shape index (κ3) is 15.3. The fourth-order valence-electron chi connectivity index (χ4n) is 4.27. The summed E-state index contributed by atoms with van der Waals surface area (Å²) in [5.74, 6) is 1.21. The molecule has 0 spiro atoms.